The van der Waals surface area contributed by atoms with Gasteiger partial charge in [-0.25, -0.2) is 0 Å². The third-order valence-corrected chi connectivity index (χ3v) is 5.67. The molecule has 3 atom stereocenters. The van der Waals surface area contributed by atoms with Gasteiger partial charge in [-0.15, -0.1) is 0 Å². The van der Waals surface area contributed by atoms with E-state index >= 15 is 0 Å². The highest BCUT2D eigenvalue weighted by molar-refractivity contribution is 5.63. The summed E-state index contributed by atoms with van der Waals surface area (Å²) in [7, 11) is 0. The van der Waals surface area contributed by atoms with Crippen LogP contribution in [0.1, 0.15) is 31.2 Å². The molecule has 0 spiro atoms. The van der Waals surface area contributed by atoms with Gasteiger partial charge in [0, 0.05) is 19.2 Å². The molecule has 1 aliphatic heterocycles. The molecule has 0 radical (unpaired) electrons. The number of likely N-dealkylation sites (tertiary alicyclic amines) is 1. The molecule has 5 heteroatoms. The monoisotopic (exact) mass is 399 g/mol. The van der Waals surface area contributed by atoms with Crippen molar-refractivity contribution in [1.82, 2.24) is 4.90 Å². The lowest BCUT2D eigenvalue weighted by Crippen LogP contribution is -2.53. The topological polar surface area (TPSA) is 73.2 Å². The Morgan fingerprint density at radius 1 is 0.862 bits per heavy atom. The number of unbranched alkanes of at least 4 members (excludes halogenated alkanes) is 2. The molecule has 0 bridgehead atoms. The van der Waals surface area contributed by atoms with Crippen LogP contribution in [0.15, 0.2) is 54.6 Å². The lowest BCUT2D eigenvalue weighted by atomic mass is 9.97. The highest BCUT2D eigenvalue weighted by Gasteiger charge is 2.32. The molecule has 1 unspecified atom stereocenters. The van der Waals surface area contributed by atoms with Gasteiger partial charge >= 0.3 is 0 Å². The molecule has 3 N–H and O–H groups in total. The predicted molar refractivity (Wildman–Crippen MR) is 114 cm³/mol. The molecule has 0 saturated carbocycles. The van der Waals surface area contributed by atoms with Crippen LogP contribution in [-0.4, -0.2) is 64.8 Å². The second-order valence-electron chi connectivity index (χ2n) is 7.88. The molecule has 29 heavy (non-hydrogen) atoms. The van der Waals surface area contributed by atoms with E-state index in [0.717, 1.165) is 32.4 Å². The van der Waals surface area contributed by atoms with Gasteiger partial charge in [-0.2, -0.15) is 0 Å². The van der Waals surface area contributed by atoms with E-state index < -0.39 is 12.2 Å². The number of β-amino-alcohol motifs (C(OH)–C–C–N with tert-alkyl or cyclic N) is 1. The van der Waals surface area contributed by atoms with Crippen LogP contribution in [0.4, 0.5) is 0 Å². The van der Waals surface area contributed by atoms with E-state index in [2.05, 4.69) is 41.3 Å². The van der Waals surface area contributed by atoms with Crippen molar-refractivity contribution in [2.75, 3.05) is 26.3 Å². The van der Waals surface area contributed by atoms with Gasteiger partial charge in [0.2, 0.25) is 0 Å². The number of piperidine rings is 1. The first-order chi connectivity index (χ1) is 14.2. The maximum atomic E-state index is 9.83. The smallest absolute Gasteiger partial charge is 0.0926 e. The molecule has 3 rings (SSSR count). The molecule has 5 nitrogen and oxygen atoms in total. The molecule has 158 valence electrons. The van der Waals surface area contributed by atoms with Gasteiger partial charge in [-0.05, 0) is 48.9 Å². The first kappa shape index (κ1) is 21.9. The predicted octanol–water partition coefficient (Wildman–Crippen LogP) is 2.83. The molecule has 0 aromatic heterocycles. The van der Waals surface area contributed by atoms with Crippen molar-refractivity contribution < 1.29 is 20.1 Å². The van der Waals surface area contributed by atoms with Crippen molar-refractivity contribution in [2.45, 2.75) is 50.5 Å². The Balaban J connectivity index is 1.29. The van der Waals surface area contributed by atoms with Crippen LogP contribution in [0.5, 0.6) is 0 Å². The Morgan fingerprint density at radius 3 is 2.31 bits per heavy atom. The van der Waals surface area contributed by atoms with Crippen molar-refractivity contribution in [1.29, 1.82) is 0 Å². The normalized spacial score (nSPS) is 22.7. The number of nitrogens with zero attached hydrogens (tertiary/aromatic N) is 1. The van der Waals surface area contributed by atoms with Gasteiger partial charge in [0.1, 0.15) is 0 Å². The highest BCUT2D eigenvalue weighted by atomic mass is 16.5. The van der Waals surface area contributed by atoms with Crippen molar-refractivity contribution in [3.63, 3.8) is 0 Å². The fourth-order valence-corrected chi connectivity index (χ4v) is 3.87. The first-order valence-corrected chi connectivity index (χ1v) is 10.6. The third-order valence-electron chi connectivity index (χ3n) is 5.67. The van der Waals surface area contributed by atoms with Gasteiger partial charge in [0.05, 0.1) is 25.4 Å². The zero-order valence-electron chi connectivity index (χ0n) is 17.0. The molecular formula is C24H33NO4. The zero-order chi connectivity index (χ0) is 20.5. The minimum absolute atomic E-state index is 0.0238. The van der Waals surface area contributed by atoms with Gasteiger partial charge in [-0.3, -0.25) is 4.90 Å². The lowest BCUT2D eigenvalue weighted by molar-refractivity contribution is -0.0711. The van der Waals surface area contributed by atoms with Gasteiger partial charge < -0.3 is 20.1 Å². The van der Waals surface area contributed by atoms with Gasteiger partial charge in [0.25, 0.3) is 0 Å². The van der Waals surface area contributed by atoms with Crippen molar-refractivity contribution in [3.05, 3.63) is 60.2 Å². The second-order valence-corrected chi connectivity index (χ2v) is 7.88. The fraction of sp³-hybridized carbons (Fsp3) is 0.500. The van der Waals surface area contributed by atoms with E-state index in [0.29, 0.717) is 19.6 Å². The van der Waals surface area contributed by atoms with Crippen LogP contribution in [0.2, 0.25) is 0 Å². The quantitative estimate of drug-likeness (QED) is 0.536. The average Bonchev–Trinajstić information content (AvgIpc) is 2.76. The maximum absolute atomic E-state index is 9.83. The van der Waals surface area contributed by atoms with Crippen LogP contribution in [-0.2, 0) is 11.3 Å². The summed E-state index contributed by atoms with van der Waals surface area (Å²) in [5, 5.41) is 29.0. The maximum Gasteiger partial charge on any atom is 0.0926 e. The Morgan fingerprint density at radius 2 is 1.59 bits per heavy atom. The van der Waals surface area contributed by atoms with Gasteiger partial charge in [0.15, 0.2) is 0 Å². The number of aliphatic hydroxyl groups excluding tert-OH is 3. The molecular weight excluding hydrogens is 366 g/mol. The average molecular weight is 400 g/mol. The summed E-state index contributed by atoms with van der Waals surface area (Å²) >= 11 is 0. The van der Waals surface area contributed by atoms with Crippen LogP contribution >= 0.6 is 0 Å². The van der Waals surface area contributed by atoms with Crippen LogP contribution in [0, 0.1) is 0 Å². The number of ether oxygens (including phenoxy) is 1. The minimum atomic E-state index is -0.724. The summed E-state index contributed by atoms with van der Waals surface area (Å²) in [6, 6.07) is 18.8. The third kappa shape index (κ3) is 6.63. The van der Waals surface area contributed by atoms with Crippen molar-refractivity contribution >= 4 is 0 Å². The minimum Gasteiger partial charge on any atom is -0.395 e. The van der Waals surface area contributed by atoms with Crippen LogP contribution < -0.4 is 0 Å². The summed E-state index contributed by atoms with van der Waals surface area (Å²) < 4.78 is 5.80. The molecule has 1 aliphatic rings. The van der Waals surface area contributed by atoms with E-state index in [4.69, 9.17) is 4.74 Å². The summed E-state index contributed by atoms with van der Waals surface area (Å²) in [5.41, 5.74) is 3.61. The number of aliphatic hydroxyl groups is 3. The Hall–Kier alpha value is -1.76. The van der Waals surface area contributed by atoms with Gasteiger partial charge in [-0.1, -0.05) is 54.6 Å². The zero-order valence-corrected chi connectivity index (χ0v) is 17.0. The first-order valence-electron chi connectivity index (χ1n) is 10.6. The standard InChI is InChI=1S/C24H33NO4/c26-17-22-15-23(27)24(28)16-25(22)13-5-2-6-14-29-18-19-9-11-21(12-10-19)20-7-3-1-4-8-20/h1,3-4,7-12,22-24,26-28H,2,5-6,13-18H2/t22-,23?,24+/m1/s1. The molecule has 1 saturated heterocycles. The number of rotatable bonds is 10. The lowest BCUT2D eigenvalue weighted by Gasteiger charge is -2.39. The fourth-order valence-electron chi connectivity index (χ4n) is 3.87. The number of benzene rings is 2. The Labute approximate surface area is 173 Å². The summed E-state index contributed by atoms with van der Waals surface area (Å²) in [6.45, 7) is 2.64. The molecule has 1 heterocycles. The van der Waals surface area contributed by atoms with E-state index in [1.165, 1.54) is 16.7 Å². The van der Waals surface area contributed by atoms with E-state index in [1.807, 2.05) is 18.2 Å². The SMILES string of the molecule is OC[C@H]1CC(O)[C@@H](O)CN1CCCCCOCc1ccc(-c2ccccc2)cc1. The molecule has 1 fully saturated rings. The summed E-state index contributed by atoms with van der Waals surface area (Å²) in [4.78, 5) is 2.09. The van der Waals surface area contributed by atoms with E-state index in [-0.39, 0.29) is 12.6 Å². The highest BCUT2D eigenvalue weighted by Crippen LogP contribution is 2.20. The number of hydrogen-bond acceptors (Lipinski definition) is 5. The second kappa shape index (κ2) is 11.4. The van der Waals surface area contributed by atoms with E-state index in [1.54, 1.807) is 0 Å². The van der Waals surface area contributed by atoms with E-state index in [9.17, 15) is 15.3 Å². The van der Waals surface area contributed by atoms with Crippen LogP contribution in [0.25, 0.3) is 11.1 Å². The van der Waals surface area contributed by atoms with Crippen molar-refractivity contribution in [2.24, 2.45) is 0 Å². The number of hydrogen-bond donors (Lipinski definition) is 3. The van der Waals surface area contributed by atoms with Crippen LogP contribution in [0.3, 0.4) is 0 Å². The Bertz CT molecular complexity index is 707. The molecule has 2 aromatic rings. The largest absolute Gasteiger partial charge is 0.395 e. The molecule has 2 aromatic carbocycles. The summed E-state index contributed by atoms with van der Waals surface area (Å²) in [5.74, 6) is 0. The molecule has 0 amide bonds. The summed E-state index contributed by atoms with van der Waals surface area (Å²) in [6.07, 6.45) is 2.02. The van der Waals surface area contributed by atoms with Crippen molar-refractivity contribution in [3.8, 4) is 11.1 Å². The molecule has 0 aliphatic carbocycles. The Kier molecular flexibility index (Phi) is 8.65.